The molecule has 0 bridgehead atoms. The van der Waals surface area contributed by atoms with Gasteiger partial charge in [-0.3, -0.25) is 29.2 Å². The number of halogens is 4. The Kier molecular flexibility index (Phi) is 11.6. The van der Waals surface area contributed by atoms with Gasteiger partial charge in [-0.2, -0.15) is 10.2 Å². The minimum Gasteiger partial charge on any atom is -0.354 e. The molecule has 282 valence electrons. The highest BCUT2D eigenvalue weighted by Crippen LogP contribution is 2.29. The second-order valence-corrected chi connectivity index (χ2v) is 16.4. The lowest BCUT2D eigenvalue weighted by Gasteiger charge is -2.09. The summed E-state index contributed by atoms with van der Waals surface area (Å²) >= 11 is 23.5. The maximum atomic E-state index is 12.8. The average molecular weight is 861 g/mol. The van der Waals surface area contributed by atoms with E-state index in [0.717, 1.165) is 0 Å². The lowest BCUT2D eigenvalue weighted by Crippen LogP contribution is -2.18. The zero-order valence-corrected chi connectivity index (χ0v) is 32.6. The third-order valence-corrected chi connectivity index (χ3v) is 12.0. The number of H-pyrrole nitrogens is 2. The summed E-state index contributed by atoms with van der Waals surface area (Å²) in [6, 6.07) is 26.4. The topological polar surface area (TPSA) is 208 Å². The van der Waals surface area contributed by atoms with Crippen molar-refractivity contribution < 1.29 is 26.4 Å². The molecule has 20 heteroatoms. The number of amides is 2. The van der Waals surface area contributed by atoms with Gasteiger partial charge in [0.1, 0.15) is 0 Å². The Morgan fingerprint density at radius 1 is 0.545 bits per heavy atom. The Labute approximate surface area is 333 Å². The molecule has 0 saturated heterocycles. The fourth-order valence-corrected chi connectivity index (χ4v) is 7.79. The first kappa shape index (κ1) is 39.3. The number of aromatic amines is 2. The van der Waals surface area contributed by atoms with Crippen LogP contribution in [0.4, 0.5) is 17.1 Å². The van der Waals surface area contributed by atoms with Crippen molar-refractivity contribution in [3.8, 4) is 0 Å². The van der Waals surface area contributed by atoms with Crippen molar-refractivity contribution in [2.24, 2.45) is 0 Å². The van der Waals surface area contributed by atoms with E-state index in [4.69, 9.17) is 46.4 Å². The summed E-state index contributed by atoms with van der Waals surface area (Å²) in [5.41, 5.74) is 2.41. The van der Waals surface area contributed by atoms with Crippen LogP contribution in [0.25, 0.3) is 21.8 Å². The lowest BCUT2D eigenvalue weighted by atomic mass is 10.2. The first-order chi connectivity index (χ1) is 26.1. The Bertz CT molecular complexity index is 2820. The molecule has 0 atom stereocenters. The first-order valence-electron chi connectivity index (χ1n) is 15.7. The highest BCUT2D eigenvalue weighted by atomic mass is 35.5. The Morgan fingerprint density at radius 2 is 1.00 bits per heavy atom. The minimum atomic E-state index is -3.94. The van der Waals surface area contributed by atoms with E-state index in [0.29, 0.717) is 37.5 Å². The summed E-state index contributed by atoms with van der Waals surface area (Å²) in [5, 5.41) is 20.4. The number of benzene rings is 5. The third-order valence-electron chi connectivity index (χ3n) is 7.72. The van der Waals surface area contributed by atoms with Crippen LogP contribution in [0.1, 0.15) is 21.0 Å². The van der Waals surface area contributed by atoms with E-state index >= 15 is 0 Å². The van der Waals surface area contributed by atoms with Gasteiger partial charge in [-0.25, -0.2) is 16.8 Å². The quantitative estimate of drug-likeness (QED) is 0.0838. The molecule has 0 spiro atoms. The summed E-state index contributed by atoms with van der Waals surface area (Å²) in [4.78, 5) is 24.4. The Balaban J connectivity index is 0.000000190. The van der Waals surface area contributed by atoms with Crippen LogP contribution >= 0.6 is 46.4 Å². The largest absolute Gasteiger partial charge is 0.354 e. The van der Waals surface area contributed by atoms with Crippen LogP contribution < -0.4 is 20.1 Å². The van der Waals surface area contributed by atoms with Gasteiger partial charge in [-0.15, -0.1) is 0 Å². The van der Waals surface area contributed by atoms with Gasteiger partial charge in [0, 0.05) is 23.5 Å². The van der Waals surface area contributed by atoms with Gasteiger partial charge in [0.05, 0.1) is 52.3 Å². The normalized spacial score (nSPS) is 11.4. The van der Waals surface area contributed by atoms with E-state index in [1.54, 1.807) is 30.3 Å². The molecule has 0 aliphatic heterocycles. The van der Waals surface area contributed by atoms with E-state index in [9.17, 15) is 26.4 Å². The van der Waals surface area contributed by atoms with E-state index in [1.165, 1.54) is 73.8 Å². The third kappa shape index (κ3) is 8.96. The number of aromatic nitrogens is 4. The van der Waals surface area contributed by atoms with E-state index in [1.807, 2.05) is 6.07 Å². The molecule has 0 unspecified atom stereocenters. The van der Waals surface area contributed by atoms with Crippen molar-refractivity contribution in [1.82, 2.24) is 25.7 Å². The maximum Gasteiger partial charge on any atom is 0.276 e. The second-order valence-electron chi connectivity index (χ2n) is 11.4. The van der Waals surface area contributed by atoms with Crippen LogP contribution in [0.3, 0.4) is 0 Å². The van der Waals surface area contributed by atoms with Crippen molar-refractivity contribution >= 4 is 117 Å². The number of fused-ring (bicyclic) bond motifs is 2. The molecule has 0 aliphatic carbocycles. The minimum absolute atomic E-state index is 0.0161. The number of sulfonamides is 2. The molecule has 7 aromatic rings. The van der Waals surface area contributed by atoms with Crippen LogP contribution in [0.2, 0.25) is 20.1 Å². The average Bonchev–Trinajstić information content (AvgIpc) is 3.79. The van der Waals surface area contributed by atoms with E-state index < -0.39 is 31.9 Å². The lowest BCUT2D eigenvalue weighted by molar-refractivity contribution is 0.0958. The number of para-hydroxylation sites is 1. The molecule has 14 nitrogen and oxygen atoms in total. The molecule has 0 radical (unpaired) electrons. The van der Waals surface area contributed by atoms with Gasteiger partial charge in [-0.05, 0) is 84.9 Å². The Morgan fingerprint density at radius 3 is 1.44 bits per heavy atom. The van der Waals surface area contributed by atoms with Crippen molar-refractivity contribution in [1.29, 1.82) is 0 Å². The van der Waals surface area contributed by atoms with Crippen molar-refractivity contribution in [2.75, 3.05) is 21.8 Å². The zero-order valence-electron chi connectivity index (χ0n) is 28.0. The summed E-state index contributed by atoms with van der Waals surface area (Å²) in [5.74, 6) is -0.877. The maximum absolute atomic E-state index is 12.8. The molecular weight excluding hydrogens is 834 g/mol. The molecule has 0 aliphatic rings. The summed E-state index contributed by atoms with van der Waals surface area (Å²) in [7, 11) is -6.36. The standard InChI is InChI=1S/C20H14Cl2N4O3S.C15H12Cl2N4O3S/c21-16-8-6-13(10-17(16)22)26-30(28,29)14-7-9-18-15(11-14)19(25-24-18)20(27)23-12-4-2-1-3-5-12;1-18-15(22)14-10-7-9(3-5-13(10)19-20-14)25(23,24)21-8-2-4-11(16)12(17)6-8/h1-11,26H,(H,23,27)(H,24,25);2-7,21H,1H3,(H,18,22)(H,19,20). The summed E-state index contributed by atoms with van der Waals surface area (Å²) in [6.07, 6.45) is 0. The fourth-order valence-electron chi connectivity index (χ4n) is 5.04. The molecule has 5 aromatic carbocycles. The van der Waals surface area contributed by atoms with Crippen LogP contribution in [0.5, 0.6) is 0 Å². The van der Waals surface area contributed by atoms with Gasteiger partial charge in [0.2, 0.25) is 0 Å². The molecule has 2 heterocycles. The molecule has 7 rings (SSSR count). The predicted octanol–water partition coefficient (Wildman–Crippen LogP) is 7.95. The molecule has 55 heavy (non-hydrogen) atoms. The number of rotatable bonds is 9. The van der Waals surface area contributed by atoms with E-state index in [-0.39, 0.29) is 42.6 Å². The molecule has 0 saturated carbocycles. The molecular formula is C35H26Cl4N8O6S2. The van der Waals surface area contributed by atoms with Crippen LogP contribution in [-0.2, 0) is 20.0 Å². The number of nitrogens with one attached hydrogen (secondary N) is 6. The molecule has 2 aromatic heterocycles. The fraction of sp³-hybridized carbons (Fsp3) is 0.0286. The highest BCUT2D eigenvalue weighted by Gasteiger charge is 2.21. The molecule has 0 fully saturated rings. The summed E-state index contributed by atoms with van der Waals surface area (Å²) in [6.45, 7) is 0. The van der Waals surface area contributed by atoms with Crippen molar-refractivity contribution in [3.05, 3.63) is 135 Å². The first-order valence-corrected chi connectivity index (χ1v) is 20.1. The predicted molar refractivity (Wildman–Crippen MR) is 215 cm³/mol. The number of hydrogen-bond acceptors (Lipinski definition) is 8. The van der Waals surface area contributed by atoms with Gasteiger partial charge in [0.15, 0.2) is 11.4 Å². The zero-order chi connectivity index (χ0) is 39.5. The van der Waals surface area contributed by atoms with Crippen molar-refractivity contribution in [2.45, 2.75) is 9.79 Å². The van der Waals surface area contributed by atoms with Crippen LogP contribution in [0.15, 0.2) is 113 Å². The Hall–Kier alpha value is -5.36. The SMILES string of the molecule is CNC(=O)c1n[nH]c2ccc(S(=O)(=O)Nc3ccc(Cl)c(Cl)c3)cc12.O=C(Nc1ccccc1)c1n[nH]c2ccc(S(=O)(=O)Nc3ccc(Cl)c(Cl)c3)cc12. The van der Waals surface area contributed by atoms with Crippen LogP contribution in [0, 0.1) is 0 Å². The second kappa shape index (κ2) is 16.2. The van der Waals surface area contributed by atoms with E-state index in [2.05, 4.69) is 40.5 Å². The van der Waals surface area contributed by atoms with Crippen LogP contribution in [-0.4, -0.2) is 56.1 Å². The monoisotopic (exact) mass is 858 g/mol. The number of hydrogen-bond donors (Lipinski definition) is 6. The summed E-state index contributed by atoms with van der Waals surface area (Å²) < 4.78 is 55.7. The van der Waals surface area contributed by atoms with Gasteiger partial charge < -0.3 is 10.6 Å². The smallest absolute Gasteiger partial charge is 0.276 e. The van der Waals surface area contributed by atoms with Gasteiger partial charge in [-0.1, -0.05) is 64.6 Å². The number of anilines is 3. The van der Waals surface area contributed by atoms with Crippen molar-refractivity contribution in [3.63, 3.8) is 0 Å². The number of nitrogens with zero attached hydrogens (tertiary/aromatic N) is 2. The molecule has 6 N–H and O–H groups in total. The van der Waals surface area contributed by atoms with Gasteiger partial charge in [0.25, 0.3) is 31.9 Å². The molecule has 2 amide bonds. The highest BCUT2D eigenvalue weighted by molar-refractivity contribution is 7.93. The number of carbonyl (C=O) groups is 2. The van der Waals surface area contributed by atoms with Gasteiger partial charge >= 0.3 is 0 Å². The number of carbonyl (C=O) groups excluding carboxylic acids is 2.